The van der Waals surface area contributed by atoms with Gasteiger partial charge < -0.3 is 19.7 Å². The van der Waals surface area contributed by atoms with Crippen molar-refractivity contribution in [2.24, 2.45) is 11.8 Å². The second kappa shape index (κ2) is 7.21. The summed E-state index contributed by atoms with van der Waals surface area (Å²) in [5, 5.41) is 7.54. The van der Waals surface area contributed by atoms with E-state index in [0.29, 0.717) is 23.9 Å². The number of carbonyl (C=O) groups is 2. The van der Waals surface area contributed by atoms with Crippen LogP contribution in [0.2, 0.25) is 0 Å². The molecule has 2 aliphatic heterocycles. The number of aromatic nitrogens is 2. The molecule has 8 heteroatoms. The van der Waals surface area contributed by atoms with Crippen molar-refractivity contribution in [3.8, 4) is 0 Å². The van der Waals surface area contributed by atoms with Crippen LogP contribution in [-0.4, -0.2) is 59.5 Å². The van der Waals surface area contributed by atoms with E-state index in [1.165, 1.54) is 0 Å². The standard InChI is InChI=1S/C16H24N4O4/c1-3-20-9-13(14(18-20)15(21)23-4-2)10-24-16(22)19-7-11-5-17-6-12(11)8-19/h9,11-12,17H,3-8,10H2,1-2H3. The highest BCUT2D eigenvalue weighted by Crippen LogP contribution is 2.26. The Labute approximate surface area is 141 Å². The van der Waals surface area contributed by atoms with Crippen LogP contribution in [0.5, 0.6) is 0 Å². The first-order chi connectivity index (χ1) is 11.6. The molecule has 0 spiro atoms. The molecule has 2 unspecified atom stereocenters. The zero-order valence-corrected chi connectivity index (χ0v) is 14.2. The summed E-state index contributed by atoms with van der Waals surface area (Å²) in [6.45, 7) is 7.99. The highest BCUT2D eigenvalue weighted by atomic mass is 16.6. The van der Waals surface area contributed by atoms with Crippen LogP contribution in [0.3, 0.4) is 0 Å². The fourth-order valence-corrected chi connectivity index (χ4v) is 3.34. The summed E-state index contributed by atoms with van der Waals surface area (Å²) in [5.41, 5.74) is 0.790. The molecule has 2 atom stereocenters. The zero-order valence-electron chi connectivity index (χ0n) is 14.2. The van der Waals surface area contributed by atoms with Crippen LogP contribution in [0, 0.1) is 11.8 Å². The summed E-state index contributed by atoms with van der Waals surface area (Å²) in [5.74, 6) is 0.559. The summed E-state index contributed by atoms with van der Waals surface area (Å²) in [7, 11) is 0. The Morgan fingerprint density at radius 3 is 2.58 bits per heavy atom. The van der Waals surface area contributed by atoms with E-state index in [-0.39, 0.29) is 25.0 Å². The predicted octanol–water partition coefficient (Wildman–Crippen LogP) is 0.868. The molecule has 0 saturated carbocycles. The Balaban J connectivity index is 1.60. The van der Waals surface area contributed by atoms with Crippen LogP contribution >= 0.6 is 0 Å². The lowest BCUT2D eigenvalue weighted by Crippen LogP contribution is -2.32. The smallest absolute Gasteiger partial charge is 0.410 e. The van der Waals surface area contributed by atoms with E-state index >= 15 is 0 Å². The highest BCUT2D eigenvalue weighted by molar-refractivity contribution is 5.88. The average molecular weight is 336 g/mol. The highest BCUT2D eigenvalue weighted by Gasteiger charge is 2.38. The van der Waals surface area contributed by atoms with Gasteiger partial charge in [0.25, 0.3) is 0 Å². The van der Waals surface area contributed by atoms with E-state index in [9.17, 15) is 9.59 Å². The third kappa shape index (κ3) is 3.38. The Morgan fingerprint density at radius 1 is 1.25 bits per heavy atom. The van der Waals surface area contributed by atoms with Gasteiger partial charge in [-0.3, -0.25) is 4.68 Å². The van der Waals surface area contributed by atoms with Gasteiger partial charge in [-0.15, -0.1) is 0 Å². The van der Waals surface area contributed by atoms with Gasteiger partial charge in [0.2, 0.25) is 0 Å². The van der Waals surface area contributed by atoms with E-state index < -0.39 is 5.97 Å². The number of rotatable bonds is 5. The van der Waals surface area contributed by atoms with Crippen molar-refractivity contribution in [2.45, 2.75) is 27.0 Å². The number of nitrogens with zero attached hydrogens (tertiary/aromatic N) is 3. The molecular formula is C16H24N4O4. The van der Waals surface area contributed by atoms with Gasteiger partial charge >= 0.3 is 12.1 Å². The molecule has 1 aromatic heterocycles. The molecule has 0 aromatic carbocycles. The van der Waals surface area contributed by atoms with Crippen LogP contribution in [0.15, 0.2) is 6.20 Å². The summed E-state index contributed by atoms with van der Waals surface area (Å²) in [4.78, 5) is 26.0. The third-order valence-electron chi connectivity index (χ3n) is 4.63. The van der Waals surface area contributed by atoms with Crippen molar-refractivity contribution >= 4 is 12.1 Å². The lowest BCUT2D eigenvalue weighted by atomic mass is 10.0. The first-order valence-electron chi connectivity index (χ1n) is 8.48. The van der Waals surface area contributed by atoms with Gasteiger partial charge in [0.1, 0.15) is 6.61 Å². The van der Waals surface area contributed by atoms with Crippen molar-refractivity contribution in [3.05, 3.63) is 17.5 Å². The van der Waals surface area contributed by atoms with E-state index in [1.54, 1.807) is 22.7 Å². The number of carbonyl (C=O) groups excluding carboxylic acids is 2. The number of hydrogen-bond donors (Lipinski definition) is 1. The summed E-state index contributed by atoms with van der Waals surface area (Å²) < 4.78 is 12.1. The maximum atomic E-state index is 12.3. The largest absolute Gasteiger partial charge is 0.461 e. The zero-order chi connectivity index (χ0) is 17.1. The molecule has 3 heterocycles. The molecule has 1 amide bonds. The monoisotopic (exact) mass is 336 g/mol. The molecule has 0 bridgehead atoms. The summed E-state index contributed by atoms with van der Waals surface area (Å²) >= 11 is 0. The predicted molar refractivity (Wildman–Crippen MR) is 85.5 cm³/mol. The van der Waals surface area contributed by atoms with Crippen LogP contribution in [-0.2, 0) is 22.6 Å². The lowest BCUT2D eigenvalue weighted by molar-refractivity contribution is 0.0511. The normalized spacial score (nSPS) is 22.5. The molecule has 132 valence electrons. The van der Waals surface area contributed by atoms with E-state index in [1.807, 2.05) is 6.92 Å². The molecule has 1 N–H and O–H groups in total. The molecule has 0 radical (unpaired) electrons. The van der Waals surface area contributed by atoms with Crippen LogP contribution in [0.4, 0.5) is 4.79 Å². The van der Waals surface area contributed by atoms with Crippen LogP contribution in [0.1, 0.15) is 29.9 Å². The number of nitrogens with one attached hydrogen (secondary N) is 1. The molecule has 2 aliphatic rings. The molecule has 0 aliphatic carbocycles. The van der Waals surface area contributed by atoms with Crippen molar-refractivity contribution in [1.29, 1.82) is 0 Å². The first-order valence-corrected chi connectivity index (χ1v) is 8.48. The molecule has 1 aromatic rings. The molecule has 2 fully saturated rings. The third-order valence-corrected chi connectivity index (χ3v) is 4.63. The van der Waals surface area contributed by atoms with Crippen molar-refractivity contribution in [1.82, 2.24) is 20.0 Å². The Bertz CT molecular complexity index is 603. The topological polar surface area (TPSA) is 85.7 Å². The maximum Gasteiger partial charge on any atom is 0.410 e. The van der Waals surface area contributed by atoms with Crippen molar-refractivity contribution in [2.75, 3.05) is 32.8 Å². The van der Waals surface area contributed by atoms with Gasteiger partial charge in [0.15, 0.2) is 5.69 Å². The van der Waals surface area contributed by atoms with Gasteiger partial charge in [-0.2, -0.15) is 5.10 Å². The number of hydrogen-bond acceptors (Lipinski definition) is 6. The quantitative estimate of drug-likeness (QED) is 0.803. The van der Waals surface area contributed by atoms with E-state index in [0.717, 1.165) is 26.2 Å². The van der Waals surface area contributed by atoms with Gasteiger partial charge in [-0.1, -0.05) is 0 Å². The van der Waals surface area contributed by atoms with Crippen LogP contribution in [0.25, 0.3) is 0 Å². The average Bonchev–Trinajstić information content (AvgIpc) is 3.26. The Kier molecular flexibility index (Phi) is 5.03. The minimum atomic E-state index is -0.488. The lowest BCUT2D eigenvalue weighted by Gasteiger charge is -2.17. The number of likely N-dealkylation sites (tertiary alicyclic amines) is 1. The SMILES string of the molecule is CCOC(=O)c1nn(CC)cc1COC(=O)N1CC2CNCC2C1. The van der Waals surface area contributed by atoms with Crippen molar-refractivity contribution < 1.29 is 19.1 Å². The first kappa shape index (κ1) is 16.8. The van der Waals surface area contributed by atoms with Gasteiger partial charge in [-0.05, 0) is 25.7 Å². The van der Waals surface area contributed by atoms with Gasteiger partial charge in [-0.25, -0.2) is 9.59 Å². The second-order valence-corrected chi connectivity index (χ2v) is 6.22. The van der Waals surface area contributed by atoms with E-state index in [2.05, 4.69) is 10.4 Å². The number of fused-ring (bicyclic) bond motifs is 1. The van der Waals surface area contributed by atoms with Crippen LogP contribution < -0.4 is 5.32 Å². The summed E-state index contributed by atoms with van der Waals surface area (Å²) in [6, 6.07) is 0. The maximum absolute atomic E-state index is 12.3. The number of ether oxygens (including phenoxy) is 2. The Morgan fingerprint density at radius 2 is 1.96 bits per heavy atom. The second-order valence-electron chi connectivity index (χ2n) is 6.22. The molecular weight excluding hydrogens is 312 g/mol. The fourth-order valence-electron chi connectivity index (χ4n) is 3.34. The van der Waals surface area contributed by atoms with Gasteiger partial charge in [0, 0.05) is 44.5 Å². The number of amides is 1. The minimum Gasteiger partial charge on any atom is -0.461 e. The Hall–Kier alpha value is -2.09. The molecule has 8 nitrogen and oxygen atoms in total. The van der Waals surface area contributed by atoms with E-state index in [4.69, 9.17) is 9.47 Å². The van der Waals surface area contributed by atoms with Crippen molar-refractivity contribution in [3.63, 3.8) is 0 Å². The minimum absolute atomic E-state index is 0.0249. The summed E-state index contributed by atoms with van der Waals surface area (Å²) in [6.07, 6.45) is 1.39. The molecule has 24 heavy (non-hydrogen) atoms. The number of esters is 1. The van der Waals surface area contributed by atoms with Gasteiger partial charge in [0.05, 0.1) is 6.61 Å². The molecule has 2 saturated heterocycles. The molecule has 3 rings (SSSR count). The fraction of sp³-hybridized carbons (Fsp3) is 0.688. The number of aryl methyl sites for hydroxylation is 1.